The first kappa shape index (κ1) is 17.9. The van der Waals surface area contributed by atoms with Gasteiger partial charge in [-0.15, -0.1) is 0 Å². The van der Waals surface area contributed by atoms with Crippen LogP contribution in [-0.2, 0) is 26.2 Å². The van der Waals surface area contributed by atoms with Gasteiger partial charge in [0.05, 0.1) is 12.8 Å². The number of nitrogens with zero attached hydrogens (tertiary/aromatic N) is 1. The Kier molecular flexibility index (Phi) is 6.32. The van der Waals surface area contributed by atoms with Crippen molar-refractivity contribution in [1.82, 2.24) is 9.62 Å². The normalized spacial score (nSPS) is 11.2. The minimum absolute atomic E-state index is 0.181. The lowest BCUT2D eigenvalue weighted by molar-refractivity contribution is -0.139. The molecule has 0 aliphatic rings. The summed E-state index contributed by atoms with van der Waals surface area (Å²) in [6.07, 6.45) is 1.02. The quantitative estimate of drug-likeness (QED) is 0.674. The number of carbonyl (C=O) groups excluding carboxylic acids is 1. The number of sulfonamides is 1. The van der Waals surface area contributed by atoms with Crippen LogP contribution in [0, 0.1) is 0 Å². The van der Waals surface area contributed by atoms with Crippen LogP contribution in [0.1, 0.15) is 5.56 Å². The lowest BCUT2D eigenvalue weighted by atomic mass is 10.2. The topological polar surface area (TPSA) is 113 Å². The fourth-order valence-corrected chi connectivity index (χ4v) is 1.82. The lowest BCUT2D eigenvalue weighted by Crippen LogP contribution is -2.37. The van der Waals surface area contributed by atoms with Gasteiger partial charge in [0.1, 0.15) is 5.75 Å². The number of carbonyl (C=O) groups is 2. The fourth-order valence-electron chi connectivity index (χ4n) is 1.47. The molecule has 0 bridgehead atoms. The van der Waals surface area contributed by atoms with Crippen molar-refractivity contribution < 1.29 is 27.9 Å². The highest BCUT2D eigenvalue weighted by molar-refractivity contribution is 7.88. The van der Waals surface area contributed by atoms with Crippen molar-refractivity contribution in [2.24, 2.45) is 0 Å². The Balaban J connectivity index is 2.52. The van der Waals surface area contributed by atoms with Gasteiger partial charge in [-0.05, 0) is 17.7 Å². The number of ether oxygens (including phenoxy) is 1. The molecule has 0 aromatic heterocycles. The molecule has 0 unspecified atom stereocenters. The van der Waals surface area contributed by atoms with E-state index in [0.29, 0.717) is 11.3 Å². The van der Waals surface area contributed by atoms with Gasteiger partial charge in [-0.25, -0.2) is 13.2 Å². The minimum atomic E-state index is -3.41. The van der Waals surface area contributed by atoms with Crippen LogP contribution >= 0.6 is 0 Å². The largest absolute Gasteiger partial charge is 0.482 e. The SMILES string of the molecule is CN(CC(=O)NCc1cccc(OCC(=O)O)c1)S(C)(=O)=O. The van der Waals surface area contributed by atoms with Gasteiger partial charge in [-0.1, -0.05) is 12.1 Å². The predicted molar refractivity (Wildman–Crippen MR) is 78.9 cm³/mol. The molecule has 8 nitrogen and oxygen atoms in total. The van der Waals surface area contributed by atoms with Crippen LogP contribution in [0.2, 0.25) is 0 Å². The molecule has 0 saturated heterocycles. The number of amides is 1. The van der Waals surface area contributed by atoms with E-state index in [4.69, 9.17) is 9.84 Å². The Bertz CT molecular complexity index is 644. The molecule has 0 aliphatic carbocycles. The number of aliphatic carboxylic acids is 1. The number of likely N-dealkylation sites (N-methyl/N-ethyl adjacent to an activating group) is 1. The summed E-state index contributed by atoms with van der Waals surface area (Å²) in [5.41, 5.74) is 0.707. The van der Waals surface area contributed by atoms with Crippen molar-refractivity contribution in [2.45, 2.75) is 6.54 Å². The van der Waals surface area contributed by atoms with Crippen LogP contribution in [-0.4, -0.2) is 56.2 Å². The zero-order chi connectivity index (χ0) is 16.8. The van der Waals surface area contributed by atoms with Gasteiger partial charge in [0.2, 0.25) is 15.9 Å². The van der Waals surface area contributed by atoms with Gasteiger partial charge in [-0.3, -0.25) is 4.79 Å². The fraction of sp³-hybridized carbons (Fsp3) is 0.385. The second kappa shape index (κ2) is 7.76. The molecule has 1 aromatic carbocycles. The lowest BCUT2D eigenvalue weighted by Gasteiger charge is -2.14. The van der Waals surface area contributed by atoms with Crippen LogP contribution in [0.5, 0.6) is 5.75 Å². The number of carboxylic acids is 1. The third-order valence-electron chi connectivity index (χ3n) is 2.68. The van der Waals surface area contributed by atoms with Crippen LogP contribution in [0.25, 0.3) is 0 Å². The van der Waals surface area contributed by atoms with Crippen molar-refractivity contribution in [1.29, 1.82) is 0 Å². The Morgan fingerprint density at radius 1 is 1.36 bits per heavy atom. The third kappa shape index (κ3) is 6.55. The minimum Gasteiger partial charge on any atom is -0.482 e. The number of rotatable bonds is 8. The van der Waals surface area contributed by atoms with Crippen molar-refractivity contribution >= 4 is 21.9 Å². The van der Waals surface area contributed by atoms with Crippen LogP contribution < -0.4 is 10.1 Å². The molecule has 1 amide bonds. The monoisotopic (exact) mass is 330 g/mol. The number of hydrogen-bond donors (Lipinski definition) is 2. The third-order valence-corrected chi connectivity index (χ3v) is 3.94. The maximum Gasteiger partial charge on any atom is 0.341 e. The van der Waals surface area contributed by atoms with Crippen molar-refractivity contribution in [2.75, 3.05) is 26.5 Å². The van der Waals surface area contributed by atoms with E-state index in [0.717, 1.165) is 10.6 Å². The van der Waals surface area contributed by atoms with Gasteiger partial charge < -0.3 is 15.2 Å². The van der Waals surface area contributed by atoms with E-state index in [1.165, 1.54) is 7.05 Å². The van der Waals surface area contributed by atoms with E-state index in [-0.39, 0.29) is 13.1 Å². The second-order valence-electron chi connectivity index (χ2n) is 4.63. The molecule has 2 N–H and O–H groups in total. The van der Waals surface area contributed by atoms with Crippen molar-refractivity contribution in [3.63, 3.8) is 0 Å². The summed E-state index contributed by atoms with van der Waals surface area (Å²) in [5.74, 6) is -1.14. The molecule has 0 fully saturated rings. The standard InChI is InChI=1S/C13H18N2O6S/c1-15(22(2,19)20)8-12(16)14-7-10-4-3-5-11(6-10)21-9-13(17)18/h3-6H,7-9H2,1-2H3,(H,14,16)(H,17,18). The summed E-state index contributed by atoms with van der Waals surface area (Å²) in [7, 11) is -2.09. The molecule has 22 heavy (non-hydrogen) atoms. The highest BCUT2D eigenvalue weighted by atomic mass is 32.2. The highest BCUT2D eigenvalue weighted by Crippen LogP contribution is 2.13. The second-order valence-corrected chi connectivity index (χ2v) is 6.71. The molecule has 9 heteroatoms. The van der Waals surface area contributed by atoms with E-state index in [1.54, 1.807) is 24.3 Å². The van der Waals surface area contributed by atoms with Gasteiger partial charge in [0, 0.05) is 13.6 Å². The van der Waals surface area contributed by atoms with Crippen molar-refractivity contribution in [3.05, 3.63) is 29.8 Å². The molecule has 1 aromatic rings. The first-order chi connectivity index (χ1) is 10.2. The van der Waals surface area contributed by atoms with E-state index in [2.05, 4.69) is 5.32 Å². The maximum absolute atomic E-state index is 11.6. The van der Waals surface area contributed by atoms with Gasteiger partial charge in [0.15, 0.2) is 6.61 Å². The average molecular weight is 330 g/mol. The zero-order valence-electron chi connectivity index (χ0n) is 12.3. The van der Waals surface area contributed by atoms with Crippen LogP contribution in [0.3, 0.4) is 0 Å². The average Bonchev–Trinajstić information content (AvgIpc) is 2.42. The van der Waals surface area contributed by atoms with E-state index < -0.39 is 28.5 Å². The predicted octanol–water partition coefficient (Wildman–Crippen LogP) is -0.342. The molecule has 0 heterocycles. The molecule has 0 radical (unpaired) electrons. The molecular formula is C13H18N2O6S. The maximum atomic E-state index is 11.6. The molecule has 122 valence electrons. The number of nitrogens with one attached hydrogen (secondary N) is 1. The summed E-state index contributed by atoms with van der Waals surface area (Å²) in [6.45, 7) is -0.538. The summed E-state index contributed by atoms with van der Waals surface area (Å²) in [5, 5.41) is 11.1. The smallest absolute Gasteiger partial charge is 0.341 e. The van der Waals surface area contributed by atoms with Crippen LogP contribution in [0.4, 0.5) is 0 Å². The number of hydrogen-bond acceptors (Lipinski definition) is 5. The van der Waals surface area contributed by atoms with E-state index >= 15 is 0 Å². The van der Waals surface area contributed by atoms with Crippen molar-refractivity contribution in [3.8, 4) is 5.75 Å². The molecule has 1 rings (SSSR count). The molecular weight excluding hydrogens is 312 g/mol. The van der Waals surface area contributed by atoms with Gasteiger partial charge >= 0.3 is 5.97 Å². The molecule has 0 spiro atoms. The zero-order valence-corrected chi connectivity index (χ0v) is 13.1. The number of benzene rings is 1. The first-order valence-corrected chi connectivity index (χ1v) is 8.15. The first-order valence-electron chi connectivity index (χ1n) is 6.30. The Morgan fingerprint density at radius 2 is 2.05 bits per heavy atom. The summed E-state index contributed by atoms with van der Waals surface area (Å²) >= 11 is 0. The Morgan fingerprint density at radius 3 is 2.64 bits per heavy atom. The molecule has 0 atom stereocenters. The Hall–Kier alpha value is -2.13. The molecule has 0 aliphatic heterocycles. The number of carboxylic acid groups (broad SMARTS) is 1. The van der Waals surface area contributed by atoms with Gasteiger partial charge in [-0.2, -0.15) is 4.31 Å². The summed E-state index contributed by atoms with van der Waals surface area (Å²) in [4.78, 5) is 22.1. The Labute approximate surface area is 128 Å². The van der Waals surface area contributed by atoms with E-state index in [1.807, 2.05) is 0 Å². The summed E-state index contributed by atoms with van der Waals surface area (Å²) in [6, 6.07) is 6.60. The highest BCUT2D eigenvalue weighted by Gasteiger charge is 2.14. The molecule has 0 saturated carbocycles. The van der Waals surface area contributed by atoms with Crippen LogP contribution in [0.15, 0.2) is 24.3 Å². The van der Waals surface area contributed by atoms with Gasteiger partial charge in [0.25, 0.3) is 0 Å². The van der Waals surface area contributed by atoms with E-state index in [9.17, 15) is 18.0 Å². The summed E-state index contributed by atoms with van der Waals surface area (Å²) < 4.78 is 28.4.